The molecular weight excluding hydrogens is 1220 g/mol. The second-order valence-corrected chi connectivity index (χ2v) is 25.5. The van der Waals surface area contributed by atoms with Gasteiger partial charge in [0.15, 0.2) is 12.4 Å². The van der Waals surface area contributed by atoms with E-state index in [4.69, 9.17) is 18.9 Å². The molecular formula is C90H137NO8. The summed E-state index contributed by atoms with van der Waals surface area (Å²) in [7, 11) is 5.90. The van der Waals surface area contributed by atoms with Gasteiger partial charge in [-0.15, -0.1) is 0 Å². The predicted molar refractivity (Wildman–Crippen MR) is 425 cm³/mol. The van der Waals surface area contributed by atoms with Crippen molar-refractivity contribution < 1.29 is 42.9 Å². The fourth-order valence-corrected chi connectivity index (χ4v) is 9.36. The van der Waals surface area contributed by atoms with Gasteiger partial charge in [-0.25, -0.2) is 0 Å². The van der Waals surface area contributed by atoms with E-state index in [0.29, 0.717) is 23.9 Å². The Bertz CT molecular complexity index is 2540. The summed E-state index contributed by atoms with van der Waals surface area (Å²) in [6.07, 6.45) is 121. The maximum Gasteiger partial charge on any atom is 0.306 e. The molecule has 0 rings (SSSR count). The van der Waals surface area contributed by atoms with E-state index in [1.54, 1.807) is 0 Å². The van der Waals surface area contributed by atoms with Gasteiger partial charge in [0.1, 0.15) is 13.2 Å². The first-order chi connectivity index (χ1) is 48.6. The normalized spacial score (nSPS) is 14.1. The summed E-state index contributed by atoms with van der Waals surface area (Å²) >= 11 is 0. The van der Waals surface area contributed by atoms with Crippen LogP contribution in [-0.2, 0) is 33.3 Å². The van der Waals surface area contributed by atoms with Gasteiger partial charge in [0.25, 0.3) is 0 Å². The molecule has 550 valence electrons. The molecule has 0 aromatic rings. The molecule has 0 aliphatic rings. The highest BCUT2D eigenvalue weighted by atomic mass is 16.7. The molecule has 0 fully saturated rings. The van der Waals surface area contributed by atoms with E-state index in [9.17, 15) is 19.5 Å². The Morgan fingerprint density at radius 1 is 0.303 bits per heavy atom. The summed E-state index contributed by atoms with van der Waals surface area (Å²) in [5.41, 5.74) is 0. The van der Waals surface area contributed by atoms with Crippen LogP contribution in [0.2, 0.25) is 0 Å². The van der Waals surface area contributed by atoms with Crippen molar-refractivity contribution >= 4 is 17.9 Å². The zero-order valence-electron chi connectivity index (χ0n) is 62.7. The number of hydrogen-bond acceptors (Lipinski definition) is 8. The molecule has 0 aliphatic heterocycles. The topological polar surface area (TPSA) is 111 Å². The number of allylic oxidation sites excluding steroid dienone is 40. The Kier molecular flexibility index (Phi) is 71.5. The summed E-state index contributed by atoms with van der Waals surface area (Å²) in [4.78, 5) is 37.6. The molecule has 0 radical (unpaired) electrons. The third-order valence-electron chi connectivity index (χ3n) is 15.1. The number of ether oxygens (including phenoxy) is 4. The van der Waals surface area contributed by atoms with Crippen LogP contribution in [0.4, 0.5) is 0 Å². The van der Waals surface area contributed by atoms with Crippen molar-refractivity contribution in [3.05, 3.63) is 243 Å². The number of rotatable bonds is 67. The first-order valence-corrected chi connectivity index (χ1v) is 38.2. The number of quaternary nitrogens is 1. The highest BCUT2D eigenvalue weighted by Crippen LogP contribution is 2.15. The largest absolute Gasteiger partial charge is 0.545 e. The molecule has 2 atom stereocenters. The Labute approximate surface area is 605 Å². The monoisotopic (exact) mass is 1360 g/mol. The van der Waals surface area contributed by atoms with Gasteiger partial charge in [-0.2, -0.15) is 0 Å². The van der Waals surface area contributed by atoms with E-state index in [1.807, 2.05) is 21.1 Å². The second kappa shape index (κ2) is 76.8. The van der Waals surface area contributed by atoms with Gasteiger partial charge in [-0.1, -0.05) is 308 Å². The summed E-state index contributed by atoms with van der Waals surface area (Å²) in [5.74, 6) is -2.38. The standard InChI is InChI=1S/C90H137NO8/c1-6-8-10-12-14-16-18-20-22-24-26-28-30-32-34-36-38-40-41-42-43-44-45-46-47-49-51-53-55-57-59-61-63-65-67-69-71-73-75-77-79-81-88(93)99-86(85-98-90(89(94)95)96-83-82-91(3,4)5)84-97-87(92)80-78-76-74-72-70-68-66-64-62-60-58-56-54-52-50-48-39-37-35-33-31-29-27-25-23-21-19-17-15-13-11-9-7-2/h8-11,14-17,20-23,26-29,32-35,38-40,42-43,45-46,48-49,51-52,54-55,57-58,60,64,66,70,72,86,90H,6-7,12-13,18-19,24-25,30-31,36-37,41,44,47,50,53,56,59,61-63,65,67-69,71,73-85H2,1-5H3/b10-8-,11-9-,16-14-,17-15-,22-20-,23-21-,28-26-,29-27-,34-32-,35-33-,40-38-,43-42-,46-45-,48-39-,51-49-,54-52-,57-55-,60-58-,66-64-,72-70-. The summed E-state index contributed by atoms with van der Waals surface area (Å²) in [5, 5.41) is 11.9. The quantitative estimate of drug-likeness (QED) is 0.0195. The third-order valence-corrected chi connectivity index (χ3v) is 15.1. The molecule has 0 aliphatic carbocycles. The Balaban J connectivity index is 4.25. The lowest BCUT2D eigenvalue weighted by Crippen LogP contribution is -2.44. The summed E-state index contributed by atoms with van der Waals surface area (Å²) in [6, 6.07) is 0. The van der Waals surface area contributed by atoms with Crippen LogP contribution in [0.25, 0.3) is 0 Å². The molecule has 0 aromatic carbocycles. The molecule has 9 heteroatoms. The van der Waals surface area contributed by atoms with Gasteiger partial charge >= 0.3 is 11.9 Å². The number of likely N-dealkylation sites (N-methyl/N-ethyl adjacent to an activating group) is 1. The zero-order chi connectivity index (χ0) is 71.8. The van der Waals surface area contributed by atoms with E-state index < -0.39 is 30.3 Å². The molecule has 2 unspecified atom stereocenters. The number of hydrogen-bond donors (Lipinski definition) is 0. The fraction of sp³-hybridized carbons (Fsp3) is 0.522. The Morgan fingerprint density at radius 2 is 0.545 bits per heavy atom. The Morgan fingerprint density at radius 3 is 0.828 bits per heavy atom. The molecule has 9 nitrogen and oxygen atoms in total. The first kappa shape index (κ1) is 92.1. The van der Waals surface area contributed by atoms with Crippen LogP contribution >= 0.6 is 0 Å². The van der Waals surface area contributed by atoms with Crippen LogP contribution in [0, 0.1) is 0 Å². The minimum Gasteiger partial charge on any atom is -0.545 e. The van der Waals surface area contributed by atoms with E-state index in [2.05, 4.69) is 257 Å². The highest BCUT2D eigenvalue weighted by molar-refractivity contribution is 5.70. The number of carbonyl (C=O) groups excluding carboxylic acids is 3. The highest BCUT2D eigenvalue weighted by Gasteiger charge is 2.22. The second-order valence-electron chi connectivity index (χ2n) is 25.5. The molecule has 0 bridgehead atoms. The first-order valence-electron chi connectivity index (χ1n) is 38.2. The number of esters is 2. The zero-order valence-corrected chi connectivity index (χ0v) is 62.7. The van der Waals surface area contributed by atoms with Gasteiger partial charge in [-0.3, -0.25) is 9.59 Å². The van der Waals surface area contributed by atoms with Crippen LogP contribution < -0.4 is 5.11 Å². The minimum absolute atomic E-state index is 0.126. The van der Waals surface area contributed by atoms with Crippen molar-refractivity contribution in [1.82, 2.24) is 0 Å². The number of carboxylic acid groups (broad SMARTS) is 1. The molecule has 0 saturated heterocycles. The average molecular weight is 1360 g/mol. The lowest BCUT2D eigenvalue weighted by atomic mass is 10.0. The third kappa shape index (κ3) is 78.3. The van der Waals surface area contributed by atoms with Gasteiger partial charge in [0.05, 0.1) is 40.3 Å². The predicted octanol–water partition coefficient (Wildman–Crippen LogP) is 23.5. The SMILES string of the molecule is CC/C=C\C/C=C\C/C=C\C/C=C\C/C=C\C/C=C\C/C=C\C/C=C\C/C=C\C/C=C\CCCCCCCCCCCCC(=O)OC(COC(=O)CCCC/C=C\C/C=C\C/C=C\C/C=C\C/C=C\C/C=C\C/C=C\C/C=C\C/C=C\C/C=C\CC)COC(OCC[N+](C)(C)C)C(=O)[O-]. The maximum absolute atomic E-state index is 13.0. The lowest BCUT2D eigenvalue weighted by molar-refractivity contribution is -0.870. The maximum atomic E-state index is 13.0. The van der Waals surface area contributed by atoms with Crippen molar-refractivity contribution in [3.8, 4) is 0 Å². The number of carboxylic acids is 1. The van der Waals surface area contributed by atoms with Crippen LogP contribution in [-0.4, -0.2) is 82.3 Å². The molecule has 0 N–H and O–H groups in total. The summed E-state index contributed by atoms with van der Waals surface area (Å²) in [6.45, 7) is 4.43. The van der Waals surface area contributed by atoms with E-state index >= 15 is 0 Å². The van der Waals surface area contributed by atoms with Crippen molar-refractivity contribution in [2.24, 2.45) is 0 Å². The molecule has 0 spiro atoms. The van der Waals surface area contributed by atoms with Gasteiger partial charge < -0.3 is 33.3 Å². The summed E-state index contributed by atoms with van der Waals surface area (Å²) < 4.78 is 22.7. The average Bonchev–Trinajstić information content (AvgIpc) is 2.62. The number of aliphatic carboxylic acids is 1. The van der Waals surface area contributed by atoms with Crippen LogP contribution in [0.1, 0.15) is 245 Å². The molecule has 0 saturated carbocycles. The fourth-order valence-electron chi connectivity index (χ4n) is 9.36. The van der Waals surface area contributed by atoms with E-state index in [-0.39, 0.29) is 32.7 Å². The van der Waals surface area contributed by atoms with Crippen molar-refractivity contribution in [2.75, 3.05) is 47.5 Å². The van der Waals surface area contributed by atoms with Crippen molar-refractivity contribution in [3.63, 3.8) is 0 Å². The van der Waals surface area contributed by atoms with E-state index in [0.717, 1.165) is 167 Å². The number of nitrogens with zero attached hydrogens (tertiary/aromatic N) is 1. The smallest absolute Gasteiger partial charge is 0.306 e. The lowest BCUT2D eigenvalue weighted by Gasteiger charge is -2.26. The number of unbranched alkanes of at least 4 members (excludes halogenated alkanes) is 12. The molecule has 99 heavy (non-hydrogen) atoms. The van der Waals surface area contributed by atoms with Crippen LogP contribution in [0.15, 0.2) is 243 Å². The van der Waals surface area contributed by atoms with Crippen LogP contribution in [0.3, 0.4) is 0 Å². The van der Waals surface area contributed by atoms with Gasteiger partial charge in [-0.05, 0) is 167 Å². The molecule has 0 amide bonds. The van der Waals surface area contributed by atoms with Crippen LogP contribution in [0.5, 0.6) is 0 Å². The Hall–Kier alpha value is -6.91. The number of carbonyl (C=O) groups is 3. The van der Waals surface area contributed by atoms with E-state index in [1.165, 1.54) is 38.5 Å². The van der Waals surface area contributed by atoms with Gasteiger partial charge in [0.2, 0.25) is 0 Å². The van der Waals surface area contributed by atoms with Crippen molar-refractivity contribution in [2.45, 2.75) is 257 Å². The molecule has 0 aromatic heterocycles. The molecule has 0 heterocycles. The minimum atomic E-state index is -1.65. The van der Waals surface area contributed by atoms with Gasteiger partial charge in [0, 0.05) is 12.8 Å². The van der Waals surface area contributed by atoms with Crippen molar-refractivity contribution in [1.29, 1.82) is 0 Å².